The third-order valence-electron chi connectivity index (χ3n) is 3.51. The van der Waals surface area contributed by atoms with Crippen molar-refractivity contribution in [3.8, 4) is 0 Å². The maximum Gasteiger partial charge on any atom is 0.216 e. The second-order valence-corrected chi connectivity index (χ2v) is 5.62. The molecule has 0 bridgehead atoms. The predicted octanol–water partition coefficient (Wildman–Crippen LogP) is 2.63. The molecule has 1 aromatic carbocycles. The third-order valence-corrected chi connectivity index (χ3v) is 3.51. The smallest absolute Gasteiger partial charge is 0.216 e. The standard InChI is InChI=1S/C17H25NO4/c1-13(2)16-11-22-17(18-16)15-6-4-14(5-7-15)10-21-12-20-9-8-19-3/h4-7,13,16H,8-12H2,1-3H3. The summed E-state index contributed by atoms with van der Waals surface area (Å²) in [4.78, 5) is 4.62. The third kappa shape index (κ3) is 5.09. The molecule has 0 aliphatic carbocycles. The summed E-state index contributed by atoms with van der Waals surface area (Å²) in [6.07, 6.45) is 0. The topological polar surface area (TPSA) is 49.3 Å². The maximum atomic E-state index is 5.68. The van der Waals surface area contributed by atoms with Crippen LogP contribution in [0.2, 0.25) is 0 Å². The molecule has 0 spiro atoms. The summed E-state index contributed by atoms with van der Waals surface area (Å²) in [6.45, 7) is 6.93. The molecule has 0 radical (unpaired) electrons. The summed E-state index contributed by atoms with van der Waals surface area (Å²) in [7, 11) is 1.65. The molecular formula is C17H25NO4. The van der Waals surface area contributed by atoms with E-state index in [9.17, 15) is 0 Å². The Kier molecular flexibility index (Phi) is 6.83. The fourth-order valence-corrected chi connectivity index (χ4v) is 2.05. The van der Waals surface area contributed by atoms with Crippen molar-refractivity contribution in [2.45, 2.75) is 26.5 Å². The number of hydrogen-bond donors (Lipinski definition) is 0. The van der Waals surface area contributed by atoms with Crippen molar-refractivity contribution in [2.24, 2.45) is 10.9 Å². The zero-order valence-electron chi connectivity index (χ0n) is 13.6. The molecule has 1 aromatic rings. The summed E-state index contributed by atoms with van der Waals surface area (Å²) in [5.74, 6) is 1.25. The lowest BCUT2D eigenvalue weighted by Crippen LogP contribution is -2.13. The summed E-state index contributed by atoms with van der Waals surface area (Å²) in [5.41, 5.74) is 2.11. The molecule has 1 aliphatic heterocycles. The van der Waals surface area contributed by atoms with Crippen LogP contribution in [-0.4, -0.2) is 45.7 Å². The Bertz CT molecular complexity index is 470. The molecule has 0 aromatic heterocycles. The van der Waals surface area contributed by atoms with Gasteiger partial charge in [-0.25, -0.2) is 4.99 Å². The Morgan fingerprint density at radius 2 is 1.95 bits per heavy atom. The van der Waals surface area contributed by atoms with E-state index in [0.29, 0.717) is 32.3 Å². The lowest BCUT2D eigenvalue weighted by molar-refractivity contribution is -0.0724. The molecule has 1 atom stereocenters. The highest BCUT2D eigenvalue weighted by atomic mass is 16.7. The Morgan fingerprint density at radius 3 is 2.59 bits per heavy atom. The molecule has 2 rings (SSSR count). The number of hydrogen-bond acceptors (Lipinski definition) is 5. The predicted molar refractivity (Wildman–Crippen MR) is 85.0 cm³/mol. The minimum absolute atomic E-state index is 0.266. The second kappa shape index (κ2) is 8.88. The van der Waals surface area contributed by atoms with Gasteiger partial charge in [-0.3, -0.25) is 0 Å². The van der Waals surface area contributed by atoms with Gasteiger partial charge in [-0.1, -0.05) is 26.0 Å². The summed E-state index contributed by atoms with van der Waals surface area (Å²) >= 11 is 0. The van der Waals surface area contributed by atoms with Gasteiger partial charge in [0.05, 0.1) is 25.9 Å². The Balaban J connectivity index is 1.77. The minimum atomic E-state index is 0.266. The highest BCUT2D eigenvalue weighted by molar-refractivity contribution is 5.95. The van der Waals surface area contributed by atoms with Gasteiger partial charge in [0.2, 0.25) is 5.90 Å². The van der Waals surface area contributed by atoms with Gasteiger partial charge < -0.3 is 18.9 Å². The van der Waals surface area contributed by atoms with Crippen LogP contribution in [0.25, 0.3) is 0 Å². The molecule has 0 N–H and O–H groups in total. The lowest BCUT2D eigenvalue weighted by atomic mass is 10.1. The van der Waals surface area contributed by atoms with Crippen LogP contribution in [0.1, 0.15) is 25.0 Å². The zero-order valence-corrected chi connectivity index (χ0v) is 13.6. The van der Waals surface area contributed by atoms with Gasteiger partial charge in [-0.2, -0.15) is 0 Å². The van der Waals surface area contributed by atoms with Crippen molar-refractivity contribution in [2.75, 3.05) is 33.7 Å². The normalized spacial score (nSPS) is 17.6. The monoisotopic (exact) mass is 307 g/mol. The molecule has 1 unspecified atom stereocenters. The van der Waals surface area contributed by atoms with Crippen LogP contribution in [0.3, 0.4) is 0 Å². The molecule has 5 nitrogen and oxygen atoms in total. The van der Waals surface area contributed by atoms with E-state index in [1.165, 1.54) is 0 Å². The fraction of sp³-hybridized carbons (Fsp3) is 0.588. The van der Waals surface area contributed by atoms with E-state index < -0.39 is 0 Å². The first-order valence-corrected chi connectivity index (χ1v) is 7.65. The largest absolute Gasteiger partial charge is 0.475 e. The zero-order chi connectivity index (χ0) is 15.8. The van der Waals surface area contributed by atoms with Gasteiger partial charge in [0.1, 0.15) is 13.4 Å². The van der Waals surface area contributed by atoms with Crippen molar-refractivity contribution < 1.29 is 18.9 Å². The SMILES string of the molecule is COCCOCOCc1ccc(C2=NC(C(C)C)CO2)cc1. The Labute approximate surface area is 132 Å². The molecule has 1 aliphatic rings. The van der Waals surface area contributed by atoms with E-state index in [0.717, 1.165) is 17.0 Å². The van der Waals surface area contributed by atoms with Crippen LogP contribution in [0.5, 0.6) is 0 Å². The lowest BCUT2D eigenvalue weighted by Gasteiger charge is -2.07. The maximum absolute atomic E-state index is 5.68. The van der Waals surface area contributed by atoms with E-state index in [2.05, 4.69) is 18.8 Å². The van der Waals surface area contributed by atoms with E-state index in [1.54, 1.807) is 7.11 Å². The molecule has 22 heavy (non-hydrogen) atoms. The quantitative estimate of drug-likeness (QED) is 0.520. The van der Waals surface area contributed by atoms with Crippen LogP contribution < -0.4 is 0 Å². The molecule has 1 heterocycles. The average Bonchev–Trinajstić information content (AvgIpc) is 3.01. The van der Waals surface area contributed by atoms with Crippen molar-refractivity contribution in [1.82, 2.24) is 0 Å². The van der Waals surface area contributed by atoms with Crippen molar-refractivity contribution in [3.63, 3.8) is 0 Å². The molecule has 0 saturated carbocycles. The average molecular weight is 307 g/mol. The number of nitrogens with zero attached hydrogens (tertiary/aromatic N) is 1. The van der Waals surface area contributed by atoms with E-state index >= 15 is 0 Å². The summed E-state index contributed by atoms with van der Waals surface area (Å²) in [6, 6.07) is 8.36. The van der Waals surface area contributed by atoms with Crippen molar-refractivity contribution in [1.29, 1.82) is 0 Å². The summed E-state index contributed by atoms with van der Waals surface area (Å²) < 4.78 is 21.3. The molecule has 0 fully saturated rings. The number of ether oxygens (including phenoxy) is 4. The number of rotatable bonds is 9. The number of benzene rings is 1. The van der Waals surface area contributed by atoms with Gasteiger partial charge in [-0.15, -0.1) is 0 Å². The second-order valence-electron chi connectivity index (χ2n) is 5.62. The van der Waals surface area contributed by atoms with Crippen LogP contribution in [0.15, 0.2) is 29.3 Å². The Hall–Kier alpha value is -1.43. The molecular weight excluding hydrogens is 282 g/mol. The first-order valence-electron chi connectivity index (χ1n) is 7.65. The van der Waals surface area contributed by atoms with Crippen LogP contribution in [0, 0.1) is 5.92 Å². The first-order chi connectivity index (χ1) is 10.7. The number of aliphatic imine (C=N–C) groups is 1. The molecule has 5 heteroatoms. The van der Waals surface area contributed by atoms with Crippen LogP contribution in [0.4, 0.5) is 0 Å². The van der Waals surface area contributed by atoms with Crippen molar-refractivity contribution in [3.05, 3.63) is 35.4 Å². The first kappa shape index (κ1) is 16.9. The van der Waals surface area contributed by atoms with Gasteiger partial charge in [0, 0.05) is 12.7 Å². The Morgan fingerprint density at radius 1 is 1.18 bits per heavy atom. The van der Waals surface area contributed by atoms with Gasteiger partial charge in [0.25, 0.3) is 0 Å². The molecule has 0 amide bonds. The van der Waals surface area contributed by atoms with E-state index in [1.807, 2.05) is 24.3 Å². The number of methoxy groups -OCH3 is 1. The summed E-state index contributed by atoms with van der Waals surface area (Å²) in [5, 5.41) is 0. The van der Waals surface area contributed by atoms with Gasteiger partial charge in [0.15, 0.2) is 0 Å². The van der Waals surface area contributed by atoms with E-state index in [-0.39, 0.29) is 12.8 Å². The molecule has 0 saturated heterocycles. The highest BCUT2D eigenvalue weighted by Gasteiger charge is 2.22. The fourth-order valence-electron chi connectivity index (χ4n) is 2.05. The molecule has 122 valence electrons. The van der Waals surface area contributed by atoms with E-state index in [4.69, 9.17) is 18.9 Å². The van der Waals surface area contributed by atoms with Crippen molar-refractivity contribution >= 4 is 5.90 Å². The van der Waals surface area contributed by atoms with Gasteiger partial charge in [-0.05, 0) is 23.6 Å². The van der Waals surface area contributed by atoms with Gasteiger partial charge >= 0.3 is 0 Å². The minimum Gasteiger partial charge on any atom is -0.475 e. The van der Waals surface area contributed by atoms with Crippen LogP contribution >= 0.6 is 0 Å². The van der Waals surface area contributed by atoms with Crippen LogP contribution in [-0.2, 0) is 25.6 Å². The highest BCUT2D eigenvalue weighted by Crippen LogP contribution is 2.18.